The monoisotopic (exact) mass is 448 g/mol. The van der Waals surface area contributed by atoms with E-state index in [9.17, 15) is 4.79 Å². The van der Waals surface area contributed by atoms with Crippen LogP contribution >= 0.6 is 11.9 Å². The average Bonchev–Trinajstić information content (AvgIpc) is 3.00. The summed E-state index contributed by atoms with van der Waals surface area (Å²) in [5.41, 5.74) is 10.4. The lowest BCUT2D eigenvalue weighted by Gasteiger charge is -2.21. The van der Waals surface area contributed by atoms with Gasteiger partial charge in [0.15, 0.2) is 0 Å². The molecule has 0 fully saturated rings. The molecule has 3 N–H and O–H groups in total. The third-order valence-corrected chi connectivity index (χ3v) is 6.37. The van der Waals surface area contributed by atoms with Crippen molar-refractivity contribution in [1.82, 2.24) is 14.6 Å². The minimum Gasteiger partial charge on any atom is -0.491 e. The number of nitrogens with one attached hydrogen (secondary N) is 1. The molecule has 0 unspecified atom stereocenters. The van der Waals surface area contributed by atoms with Gasteiger partial charge in [0.25, 0.3) is 5.91 Å². The van der Waals surface area contributed by atoms with E-state index in [2.05, 4.69) is 35.7 Å². The van der Waals surface area contributed by atoms with E-state index < -0.39 is 0 Å². The Bertz CT molecular complexity index is 1120. The van der Waals surface area contributed by atoms with Gasteiger partial charge in [-0.25, -0.2) is 4.98 Å². The number of ether oxygens (including phenoxy) is 1. The number of hydrogen-bond donors (Lipinski definition) is 2. The fourth-order valence-corrected chi connectivity index (χ4v) is 4.36. The van der Waals surface area contributed by atoms with Crippen molar-refractivity contribution < 1.29 is 9.53 Å². The molecule has 166 valence electrons. The van der Waals surface area contributed by atoms with Crippen LogP contribution in [-0.2, 0) is 6.54 Å². The molecule has 0 radical (unpaired) electrons. The summed E-state index contributed by atoms with van der Waals surface area (Å²) in [5.74, 6) is 1.32. The number of benzene rings is 2. The van der Waals surface area contributed by atoms with Crippen LogP contribution in [0.5, 0.6) is 5.75 Å². The first kappa shape index (κ1) is 22.2. The van der Waals surface area contributed by atoms with Gasteiger partial charge in [0.1, 0.15) is 18.2 Å². The van der Waals surface area contributed by atoms with E-state index in [4.69, 9.17) is 10.5 Å². The normalized spacial score (nSPS) is 13.4. The highest BCUT2D eigenvalue weighted by molar-refractivity contribution is 7.97. The largest absolute Gasteiger partial charge is 0.491 e. The maximum atomic E-state index is 13.4. The van der Waals surface area contributed by atoms with Crippen molar-refractivity contribution in [2.75, 3.05) is 18.9 Å². The summed E-state index contributed by atoms with van der Waals surface area (Å²) in [6.07, 6.45) is 1.76. The highest BCUT2D eigenvalue weighted by atomic mass is 32.2. The Morgan fingerprint density at radius 2 is 1.97 bits per heavy atom. The average molecular weight is 449 g/mol. The second kappa shape index (κ2) is 9.63. The first-order chi connectivity index (χ1) is 15.4. The Kier molecular flexibility index (Phi) is 6.67. The van der Waals surface area contributed by atoms with Crippen LogP contribution in [0.4, 0.5) is 5.82 Å². The van der Waals surface area contributed by atoms with Crippen LogP contribution < -0.4 is 15.2 Å². The first-order valence-electron chi connectivity index (χ1n) is 10.7. The second-order valence-electron chi connectivity index (χ2n) is 8.22. The Hall–Kier alpha value is -3.03. The number of hydrogen-bond acceptors (Lipinski definition) is 6. The molecule has 1 aliphatic rings. The van der Waals surface area contributed by atoms with Gasteiger partial charge >= 0.3 is 0 Å². The predicted octanol–water partition coefficient (Wildman–Crippen LogP) is 4.68. The lowest BCUT2D eigenvalue weighted by Crippen LogP contribution is -2.32. The van der Waals surface area contributed by atoms with Gasteiger partial charge in [-0.3, -0.25) is 9.52 Å². The number of fused-ring (bicyclic) bond motifs is 1. The SMILES string of the molecule is Cc1cc(SNC(C)C)ccc1C(=O)N1CCOc2ccc(-c3ccc(N)nc3)cc2C1. The van der Waals surface area contributed by atoms with E-state index >= 15 is 0 Å². The third-order valence-electron chi connectivity index (χ3n) is 5.29. The highest BCUT2D eigenvalue weighted by Crippen LogP contribution is 2.30. The summed E-state index contributed by atoms with van der Waals surface area (Å²) in [4.78, 5) is 20.5. The van der Waals surface area contributed by atoms with E-state index in [0.29, 0.717) is 31.6 Å². The molecule has 6 nitrogen and oxygen atoms in total. The number of pyridine rings is 1. The van der Waals surface area contributed by atoms with Gasteiger partial charge in [-0.15, -0.1) is 0 Å². The maximum absolute atomic E-state index is 13.4. The van der Waals surface area contributed by atoms with Crippen molar-refractivity contribution in [3.8, 4) is 16.9 Å². The first-order valence-corrected chi connectivity index (χ1v) is 11.5. The third kappa shape index (κ3) is 5.06. The smallest absolute Gasteiger partial charge is 0.254 e. The summed E-state index contributed by atoms with van der Waals surface area (Å²) in [5, 5.41) is 0. The van der Waals surface area contributed by atoms with Gasteiger partial charge in [0.05, 0.1) is 6.54 Å². The van der Waals surface area contributed by atoms with Crippen LogP contribution in [0, 0.1) is 6.92 Å². The molecule has 3 aromatic rings. The quantitative estimate of drug-likeness (QED) is 0.552. The van der Waals surface area contributed by atoms with Crippen LogP contribution in [0.25, 0.3) is 11.1 Å². The van der Waals surface area contributed by atoms with E-state index in [0.717, 1.165) is 38.5 Å². The lowest BCUT2D eigenvalue weighted by molar-refractivity contribution is 0.0732. The molecular weight excluding hydrogens is 420 g/mol. The molecule has 0 saturated heterocycles. The van der Waals surface area contributed by atoms with Crippen molar-refractivity contribution in [2.45, 2.75) is 38.3 Å². The molecule has 0 saturated carbocycles. The molecule has 0 bridgehead atoms. The van der Waals surface area contributed by atoms with Gasteiger partial charge in [0.2, 0.25) is 0 Å². The number of nitrogen functional groups attached to an aromatic ring is 1. The number of anilines is 1. The van der Waals surface area contributed by atoms with Crippen molar-refractivity contribution in [3.05, 3.63) is 71.4 Å². The van der Waals surface area contributed by atoms with Crippen molar-refractivity contribution in [1.29, 1.82) is 0 Å². The Morgan fingerprint density at radius 1 is 1.16 bits per heavy atom. The lowest BCUT2D eigenvalue weighted by atomic mass is 10.0. The van der Waals surface area contributed by atoms with Crippen LogP contribution in [0.1, 0.15) is 35.3 Å². The summed E-state index contributed by atoms with van der Waals surface area (Å²) >= 11 is 1.59. The van der Waals surface area contributed by atoms with Crippen LogP contribution in [0.2, 0.25) is 0 Å². The zero-order valence-electron chi connectivity index (χ0n) is 18.6. The summed E-state index contributed by atoms with van der Waals surface area (Å²) < 4.78 is 9.27. The van der Waals surface area contributed by atoms with Gasteiger partial charge in [-0.1, -0.05) is 6.07 Å². The number of aryl methyl sites for hydroxylation is 1. The zero-order valence-corrected chi connectivity index (χ0v) is 19.4. The highest BCUT2D eigenvalue weighted by Gasteiger charge is 2.23. The molecule has 1 aromatic heterocycles. The molecule has 2 aromatic carbocycles. The Labute approximate surface area is 193 Å². The number of nitrogens with two attached hydrogens (primary N) is 1. The molecule has 7 heteroatoms. The fourth-order valence-electron chi connectivity index (χ4n) is 3.62. The van der Waals surface area contributed by atoms with Gasteiger partial charge in [0, 0.05) is 40.4 Å². The molecule has 0 aliphatic carbocycles. The van der Waals surface area contributed by atoms with Gasteiger partial charge in [-0.2, -0.15) is 0 Å². The fraction of sp³-hybridized carbons (Fsp3) is 0.280. The molecule has 32 heavy (non-hydrogen) atoms. The van der Waals surface area contributed by atoms with Gasteiger partial charge < -0.3 is 15.4 Å². The number of amides is 1. The van der Waals surface area contributed by atoms with Crippen LogP contribution in [0.3, 0.4) is 0 Å². The number of carbonyl (C=O) groups is 1. The second-order valence-corrected chi connectivity index (χ2v) is 9.13. The minimum atomic E-state index is 0.0203. The number of rotatable bonds is 5. The van der Waals surface area contributed by atoms with Crippen molar-refractivity contribution in [3.63, 3.8) is 0 Å². The van der Waals surface area contributed by atoms with Crippen molar-refractivity contribution in [2.24, 2.45) is 0 Å². The number of aromatic nitrogens is 1. The zero-order chi connectivity index (χ0) is 22.7. The van der Waals surface area contributed by atoms with E-state index in [1.54, 1.807) is 24.2 Å². The molecule has 1 amide bonds. The van der Waals surface area contributed by atoms with Crippen LogP contribution in [-0.4, -0.2) is 35.0 Å². The molecule has 1 aliphatic heterocycles. The topological polar surface area (TPSA) is 80.5 Å². The molecule has 2 heterocycles. The predicted molar refractivity (Wildman–Crippen MR) is 130 cm³/mol. The number of carbonyl (C=O) groups excluding carboxylic acids is 1. The summed E-state index contributed by atoms with van der Waals surface area (Å²) in [7, 11) is 0. The standard InChI is InChI=1S/C25H28N4O2S/c1-16(2)28-32-21-6-7-22(17(3)12-21)25(30)29-10-11-31-23-8-4-18(13-20(23)15-29)19-5-9-24(26)27-14-19/h4-9,12-14,16,28H,10-11,15H2,1-3H3,(H2,26,27). The van der Waals surface area contributed by atoms with Gasteiger partial charge in [-0.05, 0) is 86.3 Å². The van der Waals surface area contributed by atoms with Crippen LogP contribution in [0.15, 0.2) is 59.6 Å². The molecule has 4 rings (SSSR count). The van der Waals surface area contributed by atoms with E-state index in [1.807, 2.05) is 42.2 Å². The Balaban J connectivity index is 1.55. The molecule has 0 spiro atoms. The summed E-state index contributed by atoms with van der Waals surface area (Å²) in [6.45, 7) is 7.69. The molecular formula is C25H28N4O2S. The molecule has 0 atom stereocenters. The minimum absolute atomic E-state index is 0.0203. The van der Waals surface area contributed by atoms with Crippen molar-refractivity contribution >= 4 is 23.7 Å². The summed E-state index contributed by atoms with van der Waals surface area (Å²) in [6, 6.07) is 16.1. The Morgan fingerprint density at radius 3 is 2.69 bits per heavy atom. The number of nitrogens with zero attached hydrogens (tertiary/aromatic N) is 2. The maximum Gasteiger partial charge on any atom is 0.254 e. The van der Waals surface area contributed by atoms with E-state index in [-0.39, 0.29) is 5.91 Å². The van der Waals surface area contributed by atoms with E-state index in [1.165, 1.54) is 0 Å².